The van der Waals surface area contributed by atoms with Gasteiger partial charge in [0.1, 0.15) is 5.75 Å². The zero-order chi connectivity index (χ0) is 23.8. The maximum absolute atomic E-state index is 12.7. The fourth-order valence-electron chi connectivity index (χ4n) is 2.64. The largest absolute Gasteiger partial charge is 0.497 e. The highest BCUT2D eigenvalue weighted by Gasteiger charge is 2.17. The summed E-state index contributed by atoms with van der Waals surface area (Å²) in [5, 5.41) is 2.67. The summed E-state index contributed by atoms with van der Waals surface area (Å²) in [7, 11) is 0.371. The zero-order valence-corrected chi connectivity index (χ0v) is 18.9. The van der Waals surface area contributed by atoms with Crippen molar-refractivity contribution in [3.8, 4) is 17.6 Å². The first-order valence-corrected chi connectivity index (χ1v) is 11.0. The molecule has 2 aromatic carbocycles. The van der Waals surface area contributed by atoms with Crippen molar-refractivity contribution in [3.05, 3.63) is 66.2 Å². The number of nitrogens with one attached hydrogen (secondary N) is 2. The van der Waals surface area contributed by atoms with Gasteiger partial charge in [-0.2, -0.15) is 9.97 Å². The fraction of sp³-hybridized carbons (Fsp3) is 0.136. The monoisotopic (exact) mass is 470 g/mol. The Labute approximate surface area is 191 Å². The Balaban J connectivity index is 1.66. The number of nitrogens with zero attached hydrogens (tertiary/aromatic N) is 2. The number of hydrogen-bond acceptors (Lipinski definition) is 8. The summed E-state index contributed by atoms with van der Waals surface area (Å²) in [6, 6.07) is 14.2. The van der Waals surface area contributed by atoms with Crippen molar-refractivity contribution in [1.29, 1.82) is 0 Å². The third-order valence-electron chi connectivity index (χ3n) is 4.29. The number of methoxy groups -OCH3 is 3. The van der Waals surface area contributed by atoms with Crippen LogP contribution in [0.5, 0.6) is 17.6 Å². The predicted molar refractivity (Wildman–Crippen MR) is 123 cm³/mol. The Morgan fingerprint density at radius 2 is 1.61 bits per heavy atom. The minimum Gasteiger partial charge on any atom is -0.497 e. The number of ether oxygens (including phenoxy) is 3. The highest BCUT2D eigenvalue weighted by molar-refractivity contribution is 7.92. The molecule has 0 atom stereocenters. The average Bonchev–Trinajstić information content (AvgIpc) is 2.82. The lowest BCUT2D eigenvalue weighted by Crippen LogP contribution is -2.15. The normalized spacial score (nSPS) is 11.1. The van der Waals surface area contributed by atoms with Crippen LogP contribution in [0, 0.1) is 0 Å². The highest BCUT2D eigenvalue weighted by Crippen LogP contribution is 2.21. The van der Waals surface area contributed by atoms with E-state index in [1.807, 2.05) is 12.1 Å². The SMILES string of the molecule is COc1ccc(/C=C/C(=O)Nc2ccc(S(=O)(=O)Nc3cc(OC)nc(OC)n3)cc2)cc1. The maximum atomic E-state index is 12.7. The van der Waals surface area contributed by atoms with Crippen LogP contribution in [0.2, 0.25) is 0 Å². The molecule has 0 aliphatic heterocycles. The minimum atomic E-state index is -3.95. The van der Waals surface area contributed by atoms with Gasteiger partial charge in [0.05, 0.1) is 26.2 Å². The van der Waals surface area contributed by atoms with Crippen molar-refractivity contribution >= 4 is 33.5 Å². The molecule has 0 unspecified atom stereocenters. The van der Waals surface area contributed by atoms with Gasteiger partial charge in [-0.05, 0) is 48.0 Å². The van der Waals surface area contributed by atoms with Crippen molar-refractivity contribution in [2.24, 2.45) is 0 Å². The van der Waals surface area contributed by atoms with E-state index < -0.39 is 10.0 Å². The molecule has 1 amide bonds. The lowest BCUT2D eigenvalue weighted by Gasteiger charge is -2.10. The minimum absolute atomic E-state index is 0.0141. The Bertz CT molecular complexity index is 1220. The van der Waals surface area contributed by atoms with Gasteiger partial charge in [0.25, 0.3) is 10.0 Å². The Kier molecular flexibility index (Phi) is 7.46. The highest BCUT2D eigenvalue weighted by atomic mass is 32.2. The molecule has 0 aliphatic rings. The number of benzene rings is 2. The molecule has 1 heterocycles. The second-order valence-corrected chi connectivity index (χ2v) is 8.19. The van der Waals surface area contributed by atoms with E-state index in [0.29, 0.717) is 5.69 Å². The molecule has 10 nitrogen and oxygen atoms in total. The molecule has 0 spiro atoms. The molecule has 0 fully saturated rings. The number of rotatable bonds is 9. The van der Waals surface area contributed by atoms with Crippen LogP contribution < -0.4 is 24.2 Å². The second-order valence-electron chi connectivity index (χ2n) is 6.51. The number of anilines is 2. The molecule has 33 heavy (non-hydrogen) atoms. The quantitative estimate of drug-likeness (QED) is 0.457. The van der Waals surface area contributed by atoms with Crippen LogP contribution in [0.1, 0.15) is 5.56 Å². The van der Waals surface area contributed by atoms with E-state index in [2.05, 4.69) is 20.0 Å². The molecule has 2 N–H and O–H groups in total. The lowest BCUT2D eigenvalue weighted by molar-refractivity contribution is -0.111. The van der Waals surface area contributed by atoms with Crippen LogP contribution in [-0.2, 0) is 14.8 Å². The van der Waals surface area contributed by atoms with Gasteiger partial charge in [-0.3, -0.25) is 9.52 Å². The van der Waals surface area contributed by atoms with Gasteiger partial charge >= 0.3 is 6.01 Å². The molecule has 11 heteroatoms. The average molecular weight is 471 g/mol. The van der Waals surface area contributed by atoms with Gasteiger partial charge in [-0.1, -0.05) is 12.1 Å². The predicted octanol–water partition coefficient (Wildman–Crippen LogP) is 2.96. The number of amides is 1. The van der Waals surface area contributed by atoms with Crippen LogP contribution in [0.3, 0.4) is 0 Å². The first-order valence-electron chi connectivity index (χ1n) is 9.56. The first-order chi connectivity index (χ1) is 15.8. The van der Waals surface area contributed by atoms with E-state index in [1.165, 1.54) is 50.6 Å². The molecule has 0 aliphatic carbocycles. The molecule has 3 aromatic rings. The van der Waals surface area contributed by atoms with Crippen LogP contribution in [0.15, 0.2) is 65.6 Å². The number of sulfonamides is 1. The third-order valence-corrected chi connectivity index (χ3v) is 5.66. The third kappa shape index (κ3) is 6.43. The summed E-state index contributed by atoms with van der Waals surface area (Å²) in [5.74, 6) is 0.485. The molecule has 1 aromatic heterocycles. The Morgan fingerprint density at radius 3 is 2.21 bits per heavy atom. The molecule has 0 radical (unpaired) electrons. The molecular weight excluding hydrogens is 448 g/mol. The van der Waals surface area contributed by atoms with E-state index >= 15 is 0 Å². The van der Waals surface area contributed by atoms with Gasteiger partial charge in [0, 0.05) is 17.8 Å². The molecule has 0 saturated heterocycles. The number of aromatic nitrogens is 2. The van der Waals surface area contributed by atoms with Gasteiger partial charge in [0.2, 0.25) is 11.8 Å². The van der Waals surface area contributed by atoms with Crippen LogP contribution in [-0.4, -0.2) is 45.6 Å². The van der Waals surface area contributed by atoms with Crippen LogP contribution >= 0.6 is 0 Å². The second kappa shape index (κ2) is 10.5. The Morgan fingerprint density at radius 1 is 0.909 bits per heavy atom. The molecule has 172 valence electrons. The van der Waals surface area contributed by atoms with E-state index in [-0.39, 0.29) is 28.5 Å². The summed E-state index contributed by atoms with van der Waals surface area (Å²) in [6.07, 6.45) is 3.03. The summed E-state index contributed by atoms with van der Waals surface area (Å²) >= 11 is 0. The number of carbonyl (C=O) groups excluding carboxylic acids is 1. The lowest BCUT2D eigenvalue weighted by atomic mass is 10.2. The van der Waals surface area contributed by atoms with Crippen molar-refractivity contribution < 1.29 is 27.4 Å². The van der Waals surface area contributed by atoms with Gasteiger partial charge in [-0.25, -0.2) is 8.42 Å². The van der Waals surface area contributed by atoms with E-state index in [1.54, 1.807) is 25.3 Å². The molecule has 0 bridgehead atoms. The standard InChI is InChI=1S/C22H22N4O6S/c1-30-17-9-4-15(5-10-17)6-13-20(27)23-16-7-11-18(12-8-16)33(28,29)26-19-14-21(31-2)25-22(24-19)32-3/h4-14H,1-3H3,(H,23,27)(H,24,25,26)/b13-6+. The fourth-order valence-corrected chi connectivity index (χ4v) is 3.63. The molecule has 3 rings (SSSR count). The molecule has 0 saturated carbocycles. The van der Waals surface area contributed by atoms with Gasteiger partial charge in [-0.15, -0.1) is 0 Å². The first kappa shape index (κ1) is 23.5. The van der Waals surface area contributed by atoms with Crippen molar-refractivity contribution in [1.82, 2.24) is 9.97 Å². The van der Waals surface area contributed by atoms with Gasteiger partial charge < -0.3 is 19.5 Å². The number of carbonyl (C=O) groups is 1. The summed E-state index contributed by atoms with van der Waals surface area (Å²) < 4.78 is 42.7. The smallest absolute Gasteiger partial charge is 0.321 e. The maximum Gasteiger partial charge on any atom is 0.321 e. The van der Waals surface area contributed by atoms with E-state index in [0.717, 1.165) is 11.3 Å². The van der Waals surface area contributed by atoms with Crippen molar-refractivity contribution in [2.75, 3.05) is 31.4 Å². The van der Waals surface area contributed by atoms with Gasteiger partial charge in [0.15, 0.2) is 5.82 Å². The van der Waals surface area contributed by atoms with E-state index in [9.17, 15) is 13.2 Å². The van der Waals surface area contributed by atoms with Crippen LogP contribution in [0.4, 0.5) is 11.5 Å². The van der Waals surface area contributed by atoms with Crippen molar-refractivity contribution in [3.63, 3.8) is 0 Å². The summed E-state index contributed by atoms with van der Waals surface area (Å²) in [6.45, 7) is 0. The summed E-state index contributed by atoms with van der Waals surface area (Å²) in [5.41, 5.74) is 1.26. The zero-order valence-electron chi connectivity index (χ0n) is 18.1. The van der Waals surface area contributed by atoms with E-state index in [4.69, 9.17) is 14.2 Å². The molecular formula is C22H22N4O6S. The van der Waals surface area contributed by atoms with Crippen molar-refractivity contribution in [2.45, 2.75) is 4.90 Å². The Hall–Kier alpha value is -4.12. The summed E-state index contributed by atoms with van der Waals surface area (Å²) in [4.78, 5) is 20.0. The number of hydrogen-bond donors (Lipinski definition) is 2. The van der Waals surface area contributed by atoms with Crippen LogP contribution in [0.25, 0.3) is 6.08 Å². The topological polar surface area (TPSA) is 129 Å².